The molecule has 3 rings (SSSR count). The summed E-state index contributed by atoms with van der Waals surface area (Å²) in [5.74, 6) is 1.12. The average molecular weight is 380 g/mol. The molecule has 0 aliphatic rings. The van der Waals surface area contributed by atoms with Crippen molar-refractivity contribution in [3.63, 3.8) is 0 Å². The highest BCUT2D eigenvalue weighted by molar-refractivity contribution is 6.32. The van der Waals surface area contributed by atoms with E-state index in [-0.39, 0.29) is 0 Å². The third-order valence-corrected chi connectivity index (χ3v) is 4.69. The lowest BCUT2D eigenvalue weighted by molar-refractivity contribution is 0.284. The standard InChI is InChI=1S/C23H22ClNO2/c1-16-8-7-11-21(17(16)2)25-14-19-12-20(24)23(22(13-19)26-3)27-15-18-9-5-4-6-10-18/h4-14H,15H2,1-3H3. The molecule has 0 spiro atoms. The number of halogens is 1. The molecule has 0 unspecified atom stereocenters. The van der Waals surface area contributed by atoms with Crippen LogP contribution in [-0.4, -0.2) is 13.3 Å². The summed E-state index contributed by atoms with van der Waals surface area (Å²) in [6.45, 7) is 4.57. The molecule has 0 heterocycles. The van der Waals surface area contributed by atoms with Gasteiger partial charge in [-0.25, -0.2) is 0 Å². The number of rotatable bonds is 6. The summed E-state index contributed by atoms with van der Waals surface area (Å²) in [6, 6.07) is 19.7. The van der Waals surface area contributed by atoms with E-state index in [4.69, 9.17) is 21.1 Å². The van der Waals surface area contributed by atoms with E-state index in [9.17, 15) is 0 Å². The first-order valence-electron chi connectivity index (χ1n) is 8.73. The number of benzene rings is 3. The van der Waals surface area contributed by atoms with Crippen LogP contribution >= 0.6 is 11.6 Å². The van der Waals surface area contributed by atoms with Crippen molar-refractivity contribution in [1.29, 1.82) is 0 Å². The summed E-state index contributed by atoms with van der Waals surface area (Å²) < 4.78 is 11.4. The Morgan fingerprint density at radius 2 is 1.78 bits per heavy atom. The second-order valence-corrected chi connectivity index (χ2v) is 6.69. The highest BCUT2D eigenvalue weighted by Gasteiger charge is 2.12. The van der Waals surface area contributed by atoms with Crippen LogP contribution in [0.25, 0.3) is 0 Å². The van der Waals surface area contributed by atoms with Gasteiger partial charge < -0.3 is 9.47 Å². The van der Waals surface area contributed by atoms with E-state index in [1.54, 1.807) is 13.3 Å². The molecule has 0 N–H and O–H groups in total. The lowest BCUT2D eigenvalue weighted by Crippen LogP contribution is -1.99. The SMILES string of the molecule is COc1cc(C=Nc2cccc(C)c2C)cc(Cl)c1OCc1ccccc1. The van der Waals surface area contributed by atoms with Gasteiger partial charge in [-0.2, -0.15) is 0 Å². The quantitative estimate of drug-likeness (QED) is 0.471. The maximum absolute atomic E-state index is 6.45. The number of ether oxygens (including phenoxy) is 2. The van der Waals surface area contributed by atoms with Crippen LogP contribution in [0.15, 0.2) is 65.7 Å². The molecule has 3 aromatic carbocycles. The molecule has 0 radical (unpaired) electrons. The summed E-state index contributed by atoms with van der Waals surface area (Å²) in [6.07, 6.45) is 1.79. The van der Waals surface area contributed by atoms with Crippen LogP contribution in [-0.2, 0) is 6.61 Å². The largest absolute Gasteiger partial charge is 0.493 e. The molecule has 0 saturated carbocycles. The fourth-order valence-corrected chi connectivity index (χ4v) is 2.98. The summed E-state index contributed by atoms with van der Waals surface area (Å²) in [5, 5.41) is 0.493. The summed E-state index contributed by atoms with van der Waals surface area (Å²) >= 11 is 6.45. The molecule has 0 bridgehead atoms. The summed E-state index contributed by atoms with van der Waals surface area (Å²) in [4.78, 5) is 4.60. The van der Waals surface area contributed by atoms with Gasteiger partial charge >= 0.3 is 0 Å². The number of aryl methyl sites for hydroxylation is 1. The number of methoxy groups -OCH3 is 1. The Morgan fingerprint density at radius 1 is 1.00 bits per heavy atom. The predicted octanol–water partition coefficient (Wildman–Crippen LogP) is 6.30. The van der Waals surface area contributed by atoms with Crippen molar-refractivity contribution in [3.8, 4) is 11.5 Å². The number of aliphatic imine (C=N–C) groups is 1. The van der Waals surface area contributed by atoms with E-state index >= 15 is 0 Å². The first-order valence-corrected chi connectivity index (χ1v) is 9.11. The second-order valence-electron chi connectivity index (χ2n) is 6.29. The van der Waals surface area contributed by atoms with Crippen molar-refractivity contribution in [2.45, 2.75) is 20.5 Å². The topological polar surface area (TPSA) is 30.8 Å². The van der Waals surface area contributed by atoms with Crippen LogP contribution in [0, 0.1) is 13.8 Å². The van der Waals surface area contributed by atoms with Gasteiger partial charge in [-0.3, -0.25) is 4.99 Å². The number of nitrogens with zero attached hydrogens (tertiary/aromatic N) is 1. The van der Waals surface area contributed by atoms with Crippen molar-refractivity contribution in [2.24, 2.45) is 4.99 Å². The molecular formula is C23H22ClNO2. The highest BCUT2D eigenvalue weighted by Crippen LogP contribution is 2.36. The van der Waals surface area contributed by atoms with E-state index in [1.165, 1.54) is 5.56 Å². The van der Waals surface area contributed by atoms with Crippen LogP contribution in [0.1, 0.15) is 22.3 Å². The molecule has 27 heavy (non-hydrogen) atoms. The molecule has 0 saturated heterocycles. The highest BCUT2D eigenvalue weighted by atomic mass is 35.5. The van der Waals surface area contributed by atoms with Gasteiger partial charge in [0, 0.05) is 6.21 Å². The molecule has 0 aromatic heterocycles. The van der Waals surface area contributed by atoms with Gasteiger partial charge in [-0.05, 0) is 54.3 Å². The fraction of sp³-hybridized carbons (Fsp3) is 0.174. The lowest BCUT2D eigenvalue weighted by atomic mass is 10.1. The Balaban J connectivity index is 1.83. The van der Waals surface area contributed by atoms with Crippen molar-refractivity contribution in [2.75, 3.05) is 7.11 Å². The summed E-state index contributed by atoms with van der Waals surface area (Å²) in [5.41, 5.74) is 5.23. The molecule has 0 amide bonds. The van der Waals surface area contributed by atoms with E-state index in [2.05, 4.69) is 24.9 Å². The smallest absolute Gasteiger partial charge is 0.180 e. The van der Waals surface area contributed by atoms with Gasteiger partial charge in [0.25, 0.3) is 0 Å². The third kappa shape index (κ3) is 4.69. The van der Waals surface area contributed by atoms with E-state index in [0.717, 1.165) is 22.4 Å². The second kappa shape index (κ2) is 8.74. The van der Waals surface area contributed by atoms with Gasteiger partial charge in [0.15, 0.2) is 11.5 Å². The van der Waals surface area contributed by atoms with Crippen LogP contribution < -0.4 is 9.47 Å². The molecule has 3 nitrogen and oxygen atoms in total. The maximum atomic E-state index is 6.45. The lowest BCUT2D eigenvalue weighted by Gasteiger charge is -2.13. The summed E-state index contributed by atoms with van der Waals surface area (Å²) in [7, 11) is 1.60. The zero-order valence-corrected chi connectivity index (χ0v) is 16.5. The molecule has 0 atom stereocenters. The van der Waals surface area contributed by atoms with Gasteiger partial charge in [0.1, 0.15) is 6.61 Å². The van der Waals surface area contributed by atoms with Crippen LogP contribution in [0.5, 0.6) is 11.5 Å². The molecule has 0 fully saturated rings. The number of hydrogen-bond donors (Lipinski definition) is 0. The van der Waals surface area contributed by atoms with Crippen molar-refractivity contribution >= 4 is 23.5 Å². The average Bonchev–Trinajstić information content (AvgIpc) is 2.68. The zero-order chi connectivity index (χ0) is 19.2. The number of hydrogen-bond acceptors (Lipinski definition) is 3. The monoisotopic (exact) mass is 379 g/mol. The van der Waals surface area contributed by atoms with Crippen LogP contribution in [0.3, 0.4) is 0 Å². The maximum Gasteiger partial charge on any atom is 0.180 e. The Hall–Kier alpha value is -2.78. The van der Waals surface area contributed by atoms with Gasteiger partial charge in [0.2, 0.25) is 0 Å². The molecule has 4 heteroatoms. The molecular weight excluding hydrogens is 358 g/mol. The Labute approximate surface area is 165 Å². The Kier molecular flexibility index (Phi) is 6.15. The first-order chi connectivity index (χ1) is 13.1. The predicted molar refractivity (Wildman–Crippen MR) is 112 cm³/mol. The molecule has 3 aromatic rings. The normalized spacial score (nSPS) is 11.0. The third-order valence-electron chi connectivity index (χ3n) is 4.41. The van der Waals surface area contributed by atoms with Crippen molar-refractivity contribution in [3.05, 3.63) is 87.9 Å². The van der Waals surface area contributed by atoms with Gasteiger partial charge in [-0.1, -0.05) is 54.1 Å². The molecule has 0 aliphatic carbocycles. The van der Waals surface area contributed by atoms with E-state index in [0.29, 0.717) is 23.1 Å². The van der Waals surface area contributed by atoms with Crippen LogP contribution in [0.4, 0.5) is 5.69 Å². The minimum atomic E-state index is 0.423. The minimum absolute atomic E-state index is 0.423. The van der Waals surface area contributed by atoms with E-state index < -0.39 is 0 Å². The zero-order valence-electron chi connectivity index (χ0n) is 15.7. The molecule has 138 valence electrons. The minimum Gasteiger partial charge on any atom is -0.493 e. The van der Waals surface area contributed by atoms with Crippen LogP contribution in [0.2, 0.25) is 5.02 Å². The Bertz CT molecular complexity index is 952. The first kappa shape index (κ1) is 19.0. The Morgan fingerprint density at radius 3 is 2.52 bits per heavy atom. The fourth-order valence-electron chi connectivity index (χ4n) is 2.70. The van der Waals surface area contributed by atoms with Crippen molar-refractivity contribution in [1.82, 2.24) is 0 Å². The molecule has 0 aliphatic heterocycles. The van der Waals surface area contributed by atoms with Crippen molar-refractivity contribution < 1.29 is 9.47 Å². The van der Waals surface area contributed by atoms with Gasteiger partial charge in [0.05, 0.1) is 17.8 Å². The van der Waals surface area contributed by atoms with E-state index in [1.807, 2.05) is 54.6 Å². The van der Waals surface area contributed by atoms with Gasteiger partial charge in [-0.15, -0.1) is 0 Å².